The van der Waals surface area contributed by atoms with Gasteiger partial charge in [0.05, 0.1) is 13.7 Å². The maximum Gasteiger partial charge on any atom is 0.255 e. The van der Waals surface area contributed by atoms with Gasteiger partial charge < -0.3 is 14.8 Å². The zero-order valence-electron chi connectivity index (χ0n) is 12.5. The molecule has 0 unspecified atom stereocenters. The minimum absolute atomic E-state index is 0.148. The van der Waals surface area contributed by atoms with Gasteiger partial charge in [0, 0.05) is 11.3 Å². The molecule has 0 aliphatic carbocycles. The Bertz CT molecular complexity index is 620. The largest absolute Gasteiger partial charge is 0.496 e. The first-order valence-electron chi connectivity index (χ1n) is 6.83. The Morgan fingerprint density at radius 1 is 1.14 bits per heavy atom. The number of benzene rings is 2. The molecule has 1 N–H and O–H groups in total. The van der Waals surface area contributed by atoms with E-state index in [0.29, 0.717) is 12.2 Å². The summed E-state index contributed by atoms with van der Waals surface area (Å²) in [5.41, 5.74) is 2.26. The lowest BCUT2D eigenvalue weighted by molar-refractivity contribution is 0.102. The van der Waals surface area contributed by atoms with Crippen LogP contribution in [0.25, 0.3) is 0 Å². The topological polar surface area (TPSA) is 47.6 Å². The summed E-state index contributed by atoms with van der Waals surface area (Å²) in [6.45, 7) is 4.46. The average molecular weight is 285 g/mol. The number of methoxy groups -OCH3 is 1. The van der Waals surface area contributed by atoms with Gasteiger partial charge in [-0.05, 0) is 61.9 Å². The molecular formula is C17H19NO3. The van der Waals surface area contributed by atoms with Crippen LogP contribution < -0.4 is 14.8 Å². The Hall–Kier alpha value is -2.49. The fourth-order valence-electron chi connectivity index (χ4n) is 2.02. The van der Waals surface area contributed by atoms with Gasteiger partial charge in [-0.3, -0.25) is 4.79 Å². The van der Waals surface area contributed by atoms with Gasteiger partial charge in [0.2, 0.25) is 0 Å². The summed E-state index contributed by atoms with van der Waals surface area (Å²) in [5, 5.41) is 2.86. The van der Waals surface area contributed by atoms with Crippen LogP contribution in [0.5, 0.6) is 11.5 Å². The van der Waals surface area contributed by atoms with Crippen LogP contribution in [0.4, 0.5) is 5.69 Å². The third kappa shape index (κ3) is 3.75. The highest BCUT2D eigenvalue weighted by molar-refractivity contribution is 6.04. The van der Waals surface area contributed by atoms with Crippen molar-refractivity contribution in [2.75, 3.05) is 19.0 Å². The van der Waals surface area contributed by atoms with Gasteiger partial charge in [-0.1, -0.05) is 0 Å². The van der Waals surface area contributed by atoms with Crippen LogP contribution in [-0.2, 0) is 0 Å². The lowest BCUT2D eigenvalue weighted by Crippen LogP contribution is -2.12. The third-order valence-electron chi connectivity index (χ3n) is 3.08. The van der Waals surface area contributed by atoms with E-state index in [4.69, 9.17) is 9.47 Å². The van der Waals surface area contributed by atoms with E-state index in [9.17, 15) is 4.79 Å². The molecule has 0 fully saturated rings. The van der Waals surface area contributed by atoms with Crippen molar-refractivity contribution in [2.24, 2.45) is 0 Å². The number of aryl methyl sites for hydroxylation is 1. The number of carbonyl (C=O) groups excluding carboxylic acids is 1. The first-order chi connectivity index (χ1) is 10.1. The Morgan fingerprint density at radius 2 is 1.86 bits per heavy atom. The number of amides is 1. The molecule has 4 nitrogen and oxygen atoms in total. The lowest BCUT2D eigenvalue weighted by atomic mass is 10.1. The van der Waals surface area contributed by atoms with E-state index in [1.54, 1.807) is 19.2 Å². The van der Waals surface area contributed by atoms with Crippen molar-refractivity contribution < 1.29 is 14.3 Å². The lowest BCUT2D eigenvalue weighted by Gasteiger charge is -2.09. The summed E-state index contributed by atoms with van der Waals surface area (Å²) in [5.74, 6) is 1.41. The summed E-state index contributed by atoms with van der Waals surface area (Å²) in [6.07, 6.45) is 0. The van der Waals surface area contributed by atoms with Crippen LogP contribution in [0.2, 0.25) is 0 Å². The molecule has 0 heterocycles. The molecule has 0 spiro atoms. The van der Waals surface area contributed by atoms with Crippen molar-refractivity contribution in [3.63, 3.8) is 0 Å². The standard InChI is InChI=1S/C17H19NO3/c1-4-21-15-8-6-14(7-9-15)18-17(19)13-5-10-16(20-3)12(2)11-13/h5-11H,4H2,1-3H3,(H,18,19). The third-order valence-corrected chi connectivity index (χ3v) is 3.08. The molecule has 2 aromatic carbocycles. The molecule has 0 saturated carbocycles. The molecule has 2 aromatic rings. The number of nitrogens with one attached hydrogen (secondary N) is 1. The Kier molecular flexibility index (Phi) is 4.82. The summed E-state index contributed by atoms with van der Waals surface area (Å²) >= 11 is 0. The van der Waals surface area contributed by atoms with Crippen LogP contribution in [-0.4, -0.2) is 19.6 Å². The predicted molar refractivity (Wildman–Crippen MR) is 83.3 cm³/mol. The van der Waals surface area contributed by atoms with Crippen LogP contribution in [0, 0.1) is 6.92 Å². The molecule has 21 heavy (non-hydrogen) atoms. The average Bonchev–Trinajstić information content (AvgIpc) is 2.49. The van der Waals surface area contributed by atoms with Crippen molar-refractivity contribution >= 4 is 11.6 Å². The zero-order chi connectivity index (χ0) is 15.2. The number of ether oxygens (including phenoxy) is 2. The second kappa shape index (κ2) is 6.79. The molecule has 0 aliphatic heterocycles. The molecule has 0 atom stereocenters. The molecule has 110 valence electrons. The normalized spacial score (nSPS) is 10.0. The molecule has 1 amide bonds. The Morgan fingerprint density at radius 3 is 2.43 bits per heavy atom. The first-order valence-corrected chi connectivity index (χ1v) is 6.83. The van der Waals surface area contributed by atoms with E-state index >= 15 is 0 Å². The molecule has 4 heteroatoms. The second-order valence-electron chi connectivity index (χ2n) is 4.60. The molecule has 0 radical (unpaired) electrons. The van der Waals surface area contributed by atoms with Crippen molar-refractivity contribution in [3.05, 3.63) is 53.6 Å². The maximum atomic E-state index is 12.2. The summed E-state index contributed by atoms with van der Waals surface area (Å²) in [7, 11) is 1.61. The molecule has 0 aromatic heterocycles. The van der Waals surface area contributed by atoms with Crippen LogP contribution >= 0.6 is 0 Å². The number of hydrogen-bond acceptors (Lipinski definition) is 3. The monoisotopic (exact) mass is 285 g/mol. The fraction of sp³-hybridized carbons (Fsp3) is 0.235. The van der Waals surface area contributed by atoms with E-state index in [1.165, 1.54) is 0 Å². The predicted octanol–water partition coefficient (Wildman–Crippen LogP) is 3.65. The quantitative estimate of drug-likeness (QED) is 0.912. The van der Waals surface area contributed by atoms with E-state index in [2.05, 4.69) is 5.32 Å². The highest BCUT2D eigenvalue weighted by Gasteiger charge is 2.08. The Labute approximate surface area is 124 Å². The van der Waals surface area contributed by atoms with Crippen molar-refractivity contribution in [3.8, 4) is 11.5 Å². The van der Waals surface area contributed by atoms with Crippen molar-refractivity contribution in [2.45, 2.75) is 13.8 Å². The van der Waals surface area contributed by atoms with Gasteiger partial charge >= 0.3 is 0 Å². The zero-order valence-corrected chi connectivity index (χ0v) is 12.5. The van der Waals surface area contributed by atoms with Crippen LogP contribution in [0.1, 0.15) is 22.8 Å². The highest BCUT2D eigenvalue weighted by Crippen LogP contribution is 2.20. The van der Waals surface area contributed by atoms with Crippen molar-refractivity contribution in [1.29, 1.82) is 0 Å². The van der Waals surface area contributed by atoms with E-state index in [0.717, 1.165) is 22.7 Å². The number of hydrogen-bond donors (Lipinski definition) is 1. The number of rotatable bonds is 5. The SMILES string of the molecule is CCOc1ccc(NC(=O)c2ccc(OC)c(C)c2)cc1. The van der Waals surface area contributed by atoms with E-state index in [-0.39, 0.29) is 5.91 Å². The van der Waals surface area contributed by atoms with Gasteiger partial charge in [-0.15, -0.1) is 0 Å². The van der Waals surface area contributed by atoms with E-state index < -0.39 is 0 Å². The number of anilines is 1. The van der Waals surface area contributed by atoms with E-state index in [1.807, 2.05) is 44.2 Å². The Balaban J connectivity index is 2.08. The van der Waals surface area contributed by atoms with Gasteiger partial charge in [0.15, 0.2) is 0 Å². The van der Waals surface area contributed by atoms with Gasteiger partial charge in [0.1, 0.15) is 11.5 Å². The summed E-state index contributed by atoms with van der Waals surface area (Å²) in [6, 6.07) is 12.6. The van der Waals surface area contributed by atoms with Crippen molar-refractivity contribution in [1.82, 2.24) is 0 Å². The summed E-state index contributed by atoms with van der Waals surface area (Å²) < 4.78 is 10.6. The molecule has 0 aliphatic rings. The second-order valence-corrected chi connectivity index (χ2v) is 4.60. The summed E-state index contributed by atoms with van der Waals surface area (Å²) in [4.78, 5) is 12.2. The minimum Gasteiger partial charge on any atom is -0.496 e. The maximum absolute atomic E-state index is 12.2. The van der Waals surface area contributed by atoms with Crippen LogP contribution in [0.3, 0.4) is 0 Å². The molecule has 2 rings (SSSR count). The number of carbonyl (C=O) groups is 1. The first kappa shape index (κ1) is 14.9. The highest BCUT2D eigenvalue weighted by atomic mass is 16.5. The fourth-order valence-corrected chi connectivity index (χ4v) is 2.02. The van der Waals surface area contributed by atoms with Gasteiger partial charge in [-0.25, -0.2) is 0 Å². The van der Waals surface area contributed by atoms with Gasteiger partial charge in [-0.2, -0.15) is 0 Å². The molecular weight excluding hydrogens is 266 g/mol. The van der Waals surface area contributed by atoms with Gasteiger partial charge in [0.25, 0.3) is 5.91 Å². The molecule has 0 bridgehead atoms. The van der Waals surface area contributed by atoms with Crippen LogP contribution in [0.15, 0.2) is 42.5 Å². The molecule has 0 saturated heterocycles. The smallest absolute Gasteiger partial charge is 0.255 e. The minimum atomic E-state index is -0.148.